The Kier molecular flexibility index (Phi) is 4.05. The summed E-state index contributed by atoms with van der Waals surface area (Å²) < 4.78 is 4.97. The number of Topliss-reactive ketones (excluding diaryl/α,β-unsaturated/α-hetero) is 1. The minimum atomic E-state index is -0.479. The molecule has 0 fully saturated rings. The smallest absolute Gasteiger partial charge is 0.338 e. The topological polar surface area (TPSA) is 43.4 Å². The van der Waals surface area contributed by atoms with Crippen LogP contribution in [-0.4, -0.2) is 18.4 Å². The maximum Gasteiger partial charge on any atom is 0.338 e. The van der Waals surface area contributed by atoms with E-state index in [0.29, 0.717) is 5.56 Å². The van der Waals surface area contributed by atoms with Crippen LogP contribution in [0.4, 0.5) is 0 Å². The van der Waals surface area contributed by atoms with Gasteiger partial charge in [0.1, 0.15) is 0 Å². The van der Waals surface area contributed by atoms with Crippen molar-refractivity contribution < 1.29 is 14.3 Å². The fourth-order valence-electron chi connectivity index (χ4n) is 1.12. The molecule has 0 bridgehead atoms. The number of ketones is 1. The van der Waals surface area contributed by atoms with Gasteiger partial charge in [0.2, 0.25) is 0 Å². The zero-order valence-electron chi connectivity index (χ0n) is 10.7. The van der Waals surface area contributed by atoms with Gasteiger partial charge >= 0.3 is 5.97 Å². The number of rotatable bonds is 3. The van der Waals surface area contributed by atoms with E-state index in [9.17, 15) is 9.59 Å². The van der Waals surface area contributed by atoms with Crippen LogP contribution < -0.4 is 0 Å². The molecule has 0 radical (unpaired) electrons. The zero-order valence-corrected chi connectivity index (χ0v) is 10.7. The SMILES string of the molecule is Cc1ccc(C(=O)OCC(=O)C(C)(C)C)cc1. The third kappa shape index (κ3) is 4.02. The largest absolute Gasteiger partial charge is 0.454 e. The molecule has 0 aliphatic rings. The molecule has 1 aromatic rings. The van der Waals surface area contributed by atoms with Gasteiger partial charge in [0.15, 0.2) is 12.4 Å². The van der Waals surface area contributed by atoms with Crippen molar-refractivity contribution in [3.63, 3.8) is 0 Å². The molecule has 0 unspecified atom stereocenters. The van der Waals surface area contributed by atoms with Gasteiger partial charge in [-0.25, -0.2) is 4.79 Å². The van der Waals surface area contributed by atoms with Gasteiger partial charge in [-0.2, -0.15) is 0 Å². The molecule has 0 aliphatic heterocycles. The summed E-state index contributed by atoms with van der Waals surface area (Å²) in [5.41, 5.74) is 1.07. The van der Waals surface area contributed by atoms with Crippen LogP contribution in [0.15, 0.2) is 24.3 Å². The zero-order chi connectivity index (χ0) is 13.1. The third-order valence-electron chi connectivity index (χ3n) is 2.46. The molecule has 0 saturated heterocycles. The number of ether oxygens (including phenoxy) is 1. The Hall–Kier alpha value is -1.64. The summed E-state index contributed by atoms with van der Waals surface area (Å²) in [6, 6.07) is 7.06. The number of hydrogen-bond acceptors (Lipinski definition) is 3. The van der Waals surface area contributed by atoms with Crippen LogP contribution in [-0.2, 0) is 9.53 Å². The number of hydrogen-bond donors (Lipinski definition) is 0. The molecule has 17 heavy (non-hydrogen) atoms. The van der Waals surface area contributed by atoms with E-state index in [2.05, 4.69) is 0 Å². The summed E-state index contributed by atoms with van der Waals surface area (Å²) in [5.74, 6) is -0.541. The molecule has 0 amide bonds. The first-order valence-corrected chi connectivity index (χ1v) is 5.58. The minimum Gasteiger partial charge on any atom is -0.454 e. The Morgan fingerprint density at radius 1 is 1.12 bits per heavy atom. The third-order valence-corrected chi connectivity index (χ3v) is 2.46. The van der Waals surface area contributed by atoms with Gasteiger partial charge in [0.05, 0.1) is 5.56 Å². The van der Waals surface area contributed by atoms with E-state index in [1.807, 2.05) is 19.1 Å². The summed E-state index contributed by atoms with van der Waals surface area (Å²) in [5, 5.41) is 0. The van der Waals surface area contributed by atoms with Gasteiger partial charge in [0, 0.05) is 5.41 Å². The van der Waals surface area contributed by atoms with Crippen molar-refractivity contribution in [2.45, 2.75) is 27.7 Å². The van der Waals surface area contributed by atoms with E-state index in [1.54, 1.807) is 32.9 Å². The Morgan fingerprint density at radius 3 is 2.12 bits per heavy atom. The van der Waals surface area contributed by atoms with Crippen molar-refractivity contribution in [1.82, 2.24) is 0 Å². The Bertz CT molecular complexity index is 410. The van der Waals surface area contributed by atoms with Crippen LogP contribution in [0.2, 0.25) is 0 Å². The molecule has 1 aromatic carbocycles. The molecule has 3 heteroatoms. The highest BCUT2D eigenvalue weighted by Gasteiger charge is 2.22. The highest BCUT2D eigenvalue weighted by molar-refractivity contribution is 5.92. The monoisotopic (exact) mass is 234 g/mol. The number of esters is 1. The van der Waals surface area contributed by atoms with Crippen LogP contribution >= 0.6 is 0 Å². The molecule has 0 aliphatic carbocycles. The average molecular weight is 234 g/mol. The van der Waals surface area contributed by atoms with Gasteiger partial charge in [-0.05, 0) is 19.1 Å². The van der Waals surface area contributed by atoms with Crippen molar-refractivity contribution in [3.05, 3.63) is 35.4 Å². The molecule has 1 rings (SSSR count). The number of benzene rings is 1. The van der Waals surface area contributed by atoms with Crippen molar-refractivity contribution >= 4 is 11.8 Å². The van der Waals surface area contributed by atoms with Crippen molar-refractivity contribution in [2.24, 2.45) is 5.41 Å². The Morgan fingerprint density at radius 2 is 1.65 bits per heavy atom. The predicted molar refractivity (Wildman–Crippen MR) is 65.9 cm³/mol. The molecule has 0 atom stereocenters. The Balaban J connectivity index is 2.56. The average Bonchev–Trinajstić information content (AvgIpc) is 2.25. The van der Waals surface area contributed by atoms with Gasteiger partial charge in [-0.15, -0.1) is 0 Å². The lowest BCUT2D eigenvalue weighted by atomic mass is 9.91. The lowest BCUT2D eigenvalue weighted by Crippen LogP contribution is -2.26. The molecule has 3 nitrogen and oxygen atoms in total. The first kappa shape index (κ1) is 13.4. The van der Waals surface area contributed by atoms with Crippen molar-refractivity contribution in [2.75, 3.05) is 6.61 Å². The molecular formula is C14H18O3. The standard InChI is InChI=1S/C14H18O3/c1-10-5-7-11(8-6-10)13(16)17-9-12(15)14(2,3)4/h5-8H,9H2,1-4H3. The Labute approximate surface area is 102 Å². The van der Waals surface area contributed by atoms with Gasteiger partial charge in [0.25, 0.3) is 0 Å². The van der Waals surface area contributed by atoms with E-state index in [0.717, 1.165) is 5.56 Å². The quantitative estimate of drug-likeness (QED) is 0.755. The number of aryl methyl sites for hydroxylation is 1. The van der Waals surface area contributed by atoms with Crippen LogP contribution in [0.5, 0.6) is 0 Å². The fraction of sp³-hybridized carbons (Fsp3) is 0.429. The fourth-order valence-corrected chi connectivity index (χ4v) is 1.12. The second-order valence-corrected chi connectivity index (χ2v) is 5.12. The lowest BCUT2D eigenvalue weighted by Gasteiger charge is -2.16. The molecule has 0 spiro atoms. The van der Waals surface area contributed by atoms with E-state index >= 15 is 0 Å². The highest BCUT2D eigenvalue weighted by Crippen LogP contribution is 2.15. The second-order valence-electron chi connectivity index (χ2n) is 5.12. The molecule has 0 aromatic heterocycles. The van der Waals surface area contributed by atoms with E-state index in [1.165, 1.54) is 0 Å². The van der Waals surface area contributed by atoms with Crippen LogP contribution in [0.25, 0.3) is 0 Å². The predicted octanol–water partition coefficient (Wildman–Crippen LogP) is 2.77. The molecule has 0 N–H and O–H groups in total. The van der Waals surface area contributed by atoms with Gasteiger partial charge in [-0.3, -0.25) is 4.79 Å². The van der Waals surface area contributed by atoms with Gasteiger partial charge < -0.3 is 4.74 Å². The molecule has 92 valence electrons. The number of carbonyl (C=O) groups excluding carboxylic acids is 2. The van der Waals surface area contributed by atoms with Crippen molar-refractivity contribution in [1.29, 1.82) is 0 Å². The second kappa shape index (κ2) is 5.13. The summed E-state index contributed by atoms with van der Waals surface area (Å²) in [4.78, 5) is 23.2. The summed E-state index contributed by atoms with van der Waals surface area (Å²) in [7, 11) is 0. The van der Waals surface area contributed by atoms with Crippen LogP contribution in [0.1, 0.15) is 36.7 Å². The minimum absolute atomic E-state index is 0.0852. The molecule has 0 saturated carbocycles. The number of carbonyl (C=O) groups is 2. The first-order valence-electron chi connectivity index (χ1n) is 5.58. The van der Waals surface area contributed by atoms with E-state index < -0.39 is 11.4 Å². The highest BCUT2D eigenvalue weighted by atomic mass is 16.5. The maximum atomic E-state index is 11.6. The summed E-state index contributed by atoms with van der Waals surface area (Å²) in [6.45, 7) is 7.17. The first-order chi connectivity index (χ1) is 7.80. The van der Waals surface area contributed by atoms with Crippen molar-refractivity contribution in [3.8, 4) is 0 Å². The van der Waals surface area contributed by atoms with Crippen LogP contribution in [0, 0.1) is 12.3 Å². The van der Waals surface area contributed by atoms with E-state index in [-0.39, 0.29) is 12.4 Å². The summed E-state index contributed by atoms with van der Waals surface area (Å²) >= 11 is 0. The summed E-state index contributed by atoms with van der Waals surface area (Å²) in [6.07, 6.45) is 0. The molecular weight excluding hydrogens is 216 g/mol. The van der Waals surface area contributed by atoms with E-state index in [4.69, 9.17) is 4.74 Å². The molecule has 0 heterocycles. The van der Waals surface area contributed by atoms with Crippen LogP contribution in [0.3, 0.4) is 0 Å². The maximum absolute atomic E-state index is 11.6. The lowest BCUT2D eigenvalue weighted by molar-refractivity contribution is -0.129. The normalized spacial score (nSPS) is 11.1. The van der Waals surface area contributed by atoms with Gasteiger partial charge in [-0.1, -0.05) is 38.5 Å².